The second-order valence-corrected chi connectivity index (χ2v) is 4.95. The normalized spacial score (nSPS) is 15.2. The summed E-state index contributed by atoms with van der Waals surface area (Å²) in [4.78, 5) is 14.0. The molecule has 19 heavy (non-hydrogen) atoms. The van der Waals surface area contributed by atoms with Crippen molar-refractivity contribution in [3.63, 3.8) is 0 Å². The molecule has 5 heteroatoms. The molecule has 0 bridgehead atoms. The molecule has 0 heterocycles. The molecule has 0 unspecified atom stereocenters. The first-order chi connectivity index (χ1) is 9.04. The van der Waals surface area contributed by atoms with Crippen LogP contribution in [0.15, 0.2) is 12.1 Å². The molecule has 0 saturated heterocycles. The van der Waals surface area contributed by atoms with E-state index < -0.39 is 17.5 Å². The van der Waals surface area contributed by atoms with Crippen LogP contribution >= 0.6 is 0 Å². The standard InChI is InChI=1S/C14H18F2N2O/c1-9-7-11(13(16)8-12(9)15)14(19)18(6-5-17)10-3-2-4-10/h7-8,10H,2-6,17H2,1H3. The van der Waals surface area contributed by atoms with Gasteiger partial charge in [-0.2, -0.15) is 0 Å². The number of benzene rings is 1. The maximum atomic E-state index is 13.7. The predicted molar refractivity (Wildman–Crippen MR) is 68.8 cm³/mol. The molecule has 1 aliphatic rings. The lowest BCUT2D eigenvalue weighted by Gasteiger charge is -2.37. The summed E-state index contributed by atoms with van der Waals surface area (Å²) in [6.07, 6.45) is 2.92. The predicted octanol–water partition coefficient (Wildman–Crippen LogP) is 2.23. The van der Waals surface area contributed by atoms with Crippen molar-refractivity contribution in [1.29, 1.82) is 0 Å². The molecule has 0 spiro atoms. The monoisotopic (exact) mass is 268 g/mol. The van der Waals surface area contributed by atoms with Crippen molar-refractivity contribution < 1.29 is 13.6 Å². The fourth-order valence-electron chi connectivity index (χ4n) is 2.26. The van der Waals surface area contributed by atoms with Gasteiger partial charge in [-0.05, 0) is 37.8 Å². The number of halogens is 2. The van der Waals surface area contributed by atoms with Crippen molar-refractivity contribution in [3.05, 3.63) is 34.9 Å². The van der Waals surface area contributed by atoms with Crippen LogP contribution < -0.4 is 5.73 Å². The first-order valence-corrected chi connectivity index (χ1v) is 6.51. The van der Waals surface area contributed by atoms with E-state index in [-0.39, 0.29) is 17.2 Å². The van der Waals surface area contributed by atoms with Gasteiger partial charge in [-0.3, -0.25) is 4.79 Å². The van der Waals surface area contributed by atoms with Gasteiger partial charge in [0.15, 0.2) is 0 Å². The Kier molecular flexibility index (Phi) is 4.14. The quantitative estimate of drug-likeness (QED) is 0.910. The van der Waals surface area contributed by atoms with Crippen LogP contribution in [0.1, 0.15) is 35.2 Å². The highest BCUT2D eigenvalue weighted by Crippen LogP contribution is 2.27. The number of carbonyl (C=O) groups excluding carboxylic acids is 1. The summed E-state index contributed by atoms with van der Waals surface area (Å²) < 4.78 is 27.0. The second kappa shape index (κ2) is 5.65. The fourth-order valence-corrected chi connectivity index (χ4v) is 2.26. The van der Waals surface area contributed by atoms with Gasteiger partial charge in [0.1, 0.15) is 11.6 Å². The third-order valence-electron chi connectivity index (χ3n) is 3.63. The molecular weight excluding hydrogens is 250 g/mol. The maximum absolute atomic E-state index is 13.7. The smallest absolute Gasteiger partial charge is 0.257 e. The fraction of sp³-hybridized carbons (Fsp3) is 0.500. The molecule has 1 saturated carbocycles. The minimum absolute atomic E-state index is 0.0701. The van der Waals surface area contributed by atoms with E-state index in [1.807, 2.05) is 0 Å². The highest BCUT2D eigenvalue weighted by molar-refractivity contribution is 5.95. The van der Waals surface area contributed by atoms with Crippen LogP contribution in [0.25, 0.3) is 0 Å². The number of nitrogens with two attached hydrogens (primary N) is 1. The molecule has 0 atom stereocenters. The van der Waals surface area contributed by atoms with Crippen LogP contribution in [-0.4, -0.2) is 29.9 Å². The largest absolute Gasteiger partial charge is 0.334 e. The Bertz CT molecular complexity index is 487. The van der Waals surface area contributed by atoms with Gasteiger partial charge in [0.2, 0.25) is 0 Å². The molecule has 1 aliphatic carbocycles. The molecule has 0 aromatic heterocycles. The van der Waals surface area contributed by atoms with Gasteiger partial charge in [-0.1, -0.05) is 0 Å². The van der Waals surface area contributed by atoms with E-state index in [0.717, 1.165) is 25.3 Å². The van der Waals surface area contributed by atoms with Gasteiger partial charge < -0.3 is 10.6 Å². The second-order valence-electron chi connectivity index (χ2n) is 4.95. The Morgan fingerprint density at radius 3 is 2.58 bits per heavy atom. The molecule has 2 N–H and O–H groups in total. The van der Waals surface area contributed by atoms with Crippen molar-refractivity contribution in [2.24, 2.45) is 5.73 Å². The summed E-state index contributed by atoms with van der Waals surface area (Å²) in [7, 11) is 0. The Labute approximate surface area is 111 Å². The maximum Gasteiger partial charge on any atom is 0.257 e. The van der Waals surface area contributed by atoms with Gasteiger partial charge in [0.05, 0.1) is 5.56 Å². The number of amides is 1. The molecular formula is C14H18F2N2O. The van der Waals surface area contributed by atoms with E-state index in [1.54, 1.807) is 4.90 Å². The zero-order valence-corrected chi connectivity index (χ0v) is 11.0. The lowest BCUT2D eigenvalue weighted by Crippen LogP contribution is -2.46. The van der Waals surface area contributed by atoms with Gasteiger partial charge in [0, 0.05) is 25.2 Å². The third-order valence-corrected chi connectivity index (χ3v) is 3.63. The Morgan fingerprint density at radius 1 is 1.37 bits per heavy atom. The van der Waals surface area contributed by atoms with Crippen molar-refractivity contribution >= 4 is 5.91 Å². The summed E-state index contributed by atoms with van der Waals surface area (Å²) >= 11 is 0. The number of hydrogen-bond donors (Lipinski definition) is 1. The van der Waals surface area contributed by atoms with E-state index >= 15 is 0 Å². The molecule has 0 aliphatic heterocycles. The first-order valence-electron chi connectivity index (χ1n) is 6.51. The van der Waals surface area contributed by atoms with Crippen LogP contribution in [-0.2, 0) is 0 Å². The Balaban J connectivity index is 2.28. The molecule has 3 nitrogen and oxygen atoms in total. The van der Waals surface area contributed by atoms with Crippen LogP contribution in [0.5, 0.6) is 0 Å². The van der Waals surface area contributed by atoms with E-state index in [9.17, 15) is 13.6 Å². The lowest BCUT2D eigenvalue weighted by molar-refractivity contribution is 0.0583. The molecule has 1 amide bonds. The topological polar surface area (TPSA) is 46.3 Å². The van der Waals surface area contributed by atoms with Crippen LogP contribution in [0.3, 0.4) is 0 Å². The van der Waals surface area contributed by atoms with E-state index in [0.29, 0.717) is 13.1 Å². The third kappa shape index (κ3) is 2.76. The first kappa shape index (κ1) is 13.9. The van der Waals surface area contributed by atoms with Crippen molar-refractivity contribution in [1.82, 2.24) is 4.90 Å². The average Bonchev–Trinajstić information content (AvgIpc) is 2.30. The minimum atomic E-state index is -0.811. The SMILES string of the molecule is Cc1cc(C(=O)N(CCN)C2CCC2)c(F)cc1F. The zero-order chi connectivity index (χ0) is 14.0. The van der Waals surface area contributed by atoms with Crippen molar-refractivity contribution in [3.8, 4) is 0 Å². The van der Waals surface area contributed by atoms with E-state index in [4.69, 9.17) is 5.73 Å². The number of hydrogen-bond acceptors (Lipinski definition) is 2. The van der Waals surface area contributed by atoms with E-state index in [2.05, 4.69) is 0 Å². The zero-order valence-electron chi connectivity index (χ0n) is 11.0. The molecule has 1 aromatic carbocycles. The highest BCUT2D eigenvalue weighted by atomic mass is 19.1. The van der Waals surface area contributed by atoms with Gasteiger partial charge in [-0.15, -0.1) is 0 Å². The molecule has 1 aromatic rings. The van der Waals surface area contributed by atoms with Gasteiger partial charge in [0.25, 0.3) is 5.91 Å². The number of nitrogens with zero attached hydrogens (tertiary/aromatic N) is 1. The van der Waals surface area contributed by atoms with Crippen LogP contribution in [0.2, 0.25) is 0 Å². The lowest BCUT2D eigenvalue weighted by atomic mass is 9.91. The van der Waals surface area contributed by atoms with Crippen molar-refractivity contribution in [2.45, 2.75) is 32.2 Å². The molecule has 1 fully saturated rings. The highest BCUT2D eigenvalue weighted by Gasteiger charge is 2.30. The summed E-state index contributed by atoms with van der Waals surface area (Å²) in [5.74, 6) is -1.84. The molecule has 2 rings (SSSR count). The Morgan fingerprint density at radius 2 is 2.05 bits per heavy atom. The molecule has 0 radical (unpaired) electrons. The van der Waals surface area contributed by atoms with Crippen molar-refractivity contribution in [2.75, 3.05) is 13.1 Å². The molecule has 104 valence electrons. The van der Waals surface area contributed by atoms with Crippen LogP contribution in [0.4, 0.5) is 8.78 Å². The summed E-state index contributed by atoms with van der Waals surface area (Å²) in [6.45, 7) is 2.26. The minimum Gasteiger partial charge on any atom is -0.334 e. The Hall–Kier alpha value is -1.49. The summed E-state index contributed by atoms with van der Waals surface area (Å²) in [6, 6.07) is 2.18. The van der Waals surface area contributed by atoms with E-state index in [1.165, 1.54) is 13.0 Å². The summed E-state index contributed by atoms with van der Waals surface area (Å²) in [5, 5.41) is 0. The number of rotatable bonds is 4. The summed E-state index contributed by atoms with van der Waals surface area (Å²) in [5.41, 5.74) is 5.71. The van der Waals surface area contributed by atoms with Gasteiger partial charge >= 0.3 is 0 Å². The number of aryl methyl sites for hydroxylation is 1. The average molecular weight is 268 g/mol. The van der Waals surface area contributed by atoms with Crippen LogP contribution in [0, 0.1) is 18.6 Å². The number of carbonyl (C=O) groups is 1. The van der Waals surface area contributed by atoms with Gasteiger partial charge in [-0.25, -0.2) is 8.78 Å².